The molecule has 1 N–H and O–H groups in total. The quantitative estimate of drug-likeness (QED) is 0.382. The smallest absolute Gasteiger partial charge is 0.269 e. The fourth-order valence-corrected chi connectivity index (χ4v) is 4.15. The molecule has 0 saturated carbocycles. The van der Waals surface area contributed by atoms with E-state index in [0.717, 1.165) is 11.3 Å². The van der Waals surface area contributed by atoms with Gasteiger partial charge in [-0.05, 0) is 40.9 Å². The second kappa shape index (κ2) is 8.13. The van der Waals surface area contributed by atoms with Crippen LogP contribution in [0.3, 0.4) is 0 Å². The van der Waals surface area contributed by atoms with Gasteiger partial charge in [0.2, 0.25) is 5.91 Å². The third-order valence-corrected chi connectivity index (χ3v) is 5.72. The molecule has 1 aromatic heterocycles. The lowest BCUT2D eigenvalue weighted by atomic mass is 10.1. The van der Waals surface area contributed by atoms with Crippen LogP contribution in [0.5, 0.6) is 0 Å². The van der Waals surface area contributed by atoms with Gasteiger partial charge in [0.25, 0.3) is 5.69 Å². The Bertz CT molecular complexity index is 891. The van der Waals surface area contributed by atoms with E-state index in [1.54, 1.807) is 23.5 Å². The molecule has 1 amide bonds. The van der Waals surface area contributed by atoms with Crippen LogP contribution in [0.4, 0.5) is 5.69 Å². The molecule has 0 saturated heterocycles. The second-order valence-corrected chi connectivity index (χ2v) is 7.36. The van der Waals surface area contributed by atoms with Gasteiger partial charge in [-0.15, -0.1) is 23.1 Å². The summed E-state index contributed by atoms with van der Waals surface area (Å²) in [6.45, 7) is 0.598. The first-order chi connectivity index (χ1) is 12.1. The summed E-state index contributed by atoms with van der Waals surface area (Å²) in [4.78, 5) is 23.0. The van der Waals surface area contributed by atoms with Gasteiger partial charge in [-0.1, -0.05) is 18.2 Å². The van der Waals surface area contributed by atoms with Crippen LogP contribution in [0.15, 0.2) is 58.8 Å². The van der Waals surface area contributed by atoms with Gasteiger partial charge in [0.05, 0.1) is 10.7 Å². The number of thioether (sulfide) groups is 1. The average molecular weight is 372 g/mol. The Kier molecular flexibility index (Phi) is 5.67. The van der Waals surface area contributed by atoms with Gasteiger partial charge in [0.1, 0.15) is 0 Å². The number of rotatable bonds is 7. The minimum atomic E-state index is -0.435. The van der Waals surface area contributed by atoms with Crippen molar-refractivity contribution in [1.82, 2.24) is 5.32 Å². The van der Waals surface area contributed by atoms with Crippen molar-refractivity contribution < 1.29 is 9.72 Å². The summed E-state index contributed by atoms with van der Waals surface area (Å²) in [6, 6.07) is 14.5. The number of nitro benzene ring substituents is 1. The minimum Gasteiger partial charge on any atom is -0.355 e. The monoisotopic (exact) mass is 372 g/mol. The summed E-state index contributed by atoms with van der Waals surface area (Å²) >= 11 is 3.09. The van der Waals surface area contributed by atoms with E-state index in [2.05, 4.69) is 22.8 Å². The molecule has 0 spiro atoms. The number of hydrogen-bond donors (Lipinski definition) is 1. The lowest BCUT2D eigenvalue weighted by Crippen LogP contribution is -2.27. The molecule has 0 unspecified atom stereocenters. The van der Waals surface area contributed by atoms with E-state index in [0.29, 0.717) is 12.3 Å². The van der Waals surface area contributed by atoms with Crippen molar-refractivity contribution in [1.29, 1.82) is 0 Å². The van der Waals surface area contributed by atoms with Crippen molar-refractivity contribution in [2.75, 3.05) is 12.3 Å². The van der Waals surface area contributed by atoms with E-state index < -0.39 is 4.92 Å². The largest absolute Gasteiger partial charge is 0.355 e. The standard InChI is InChI=1S/C18H16N2O3S2/c21-18(12-24-15-7-5-14(6-8-15)20(22)23)19-10-9-13-11-25-17-4-2-1-3-16(13)17/h1-8,11H,9-10,12H2,(H,19,21). The van der Waals surface area contributed by atoms with E-state index in [9.17, 15) is 14.9 Å². The highest BCUT2D eigenvalue weighted by Gasteiger charge is 2.07. The Hall–Kier alpha value is -2.38. The maximum atomic E-state index is 11.9. The lowest BCUT2D eigenvalue weighted by molar-refractivity contribution is -0.384. The van der Waals surface area contributed by atoms with E-state index in [1.165, 1.54) is 39.5 Å². The Balaban J connectivity index is 1.44. The fraction of sp³-hybridized carbons (Fsp3) is 0.167. The van der Waals surface area contributed by atoms with Crippen molar-refractivity contribution in [2.24, 2.45) is 0 Å². The van der Waals surface area contributed by atoms with E-state index in [4.69, 9.17) is 0 Å². The number of hydrogen-bond acceptors (Lipinski definition) is 5. The van der Waals surface area contributed by atoms with Gasteiger partial charge in [-0.25, -0.2) is 0 Å². The second-order valence-electron chi connectivity index (χ2n) is 5.40. The number of nitrogens with zero attached hydrogens (tertiary/aromatic N) is 1. The van der Waals surface area contributed by atoms with Crippen LogP contribution in [0.25, 0.3) is 10.1 Å². The molecule has 128 valence electrons. The molecule has 3 rings (SSSR count). The van der Waals surface area contributed by atoms with Gasteiger partial charge in [-0.3, -0.25) is 14.9 Å². The molecule has 5 nitrogen and oxygen atoms in total. The molecular weight excluding hydrogens is 356 g/mol. The highest BCUT2D eigenvalue weighted by atomic mass is 32.2. The van der Waals surface area contributed by atoms with Crippen LogP contribution in [-0.2, 0) is 11.2 Å². The van der Waals surface area contributed by atoms with Crippen LogP contribution >= 0.6 is 23.1 Å². The highest BCUT2D eigenvalue weighted by molar-refractivity contribution is 8.00. The summed E-state index contributed by atoms with van der Waals surface area (Å²) < 4.78 is 1.26. The molecule has 7 heteroatoms. The summed E-state index contributed by atoms with van der Waals surface area (Å²) in [5.41, 5.74) is 1.31. The zero-order valence-electron chi connectivity index (χ0n) is 13.3. The molecule has 0 aliphatic carbocycles. The van der Waals surface area contributed by atoms with Crippen LogP contribution < -0.4 is 5.32 Å². The van der Waals surface area contributed by atoms with Gasteiger partial charge in [-0.2, -0.15) is 0 Å². The molecule has 0 radical (unpaired) electrons. The molecule has 0 fully saturated rings. The van der Waals surface area contributed by atoms with E-state index in [-0.39, 0.29) is 11.6 Å². The van der Waals surface area contributed by atoms with Gasteiger partial charge in [0.15, 0.2) is 0 Å². The summed E-state index contributed by atoms with van der Waals surface area (Å²) in [5, 5.41) is 16.9. The van der Waals surface area contributed by atoms with Gasteiger partial charge < -0.3 is 5.32 Å². The zero-order valence-corrected chi connectivity index (χ0v) is 14.9. The Morgan fingerprint density at radius 3 is 2.68 bits per heavy atom. The lowest BCUT2D eigenvalue weighted by Gasteiger charge is -2.05. The van der Waals surface area contributed by atoms with Crippen molar-refractivity contribution in [3.63, 3.8) is 0 Å². The molecule has 0 bridgehead atoms. The van der Waals surface area contributed by atoms with Crippen LogP contribution in [0, 0.1) is 10.1 Å². The van der Waals surface area contributed by atoms with Gasteiger partial charge in [0, 0.05) is 28.3 Å². The predicted octanol–water partition coefficient (Wildman–Crippen LogP) is 4.26. The minimum absolute atomic E-state index is 0.0390. The zero-order chi connectivity index (χ0) is 17.6. The normalized spacial score (nSPS) is 10.7. The topological polar surface area (TPSA) is 72.2 Å². The number of nitrogens with one attached hydrogen (secondary N) is 1. The highest BCUT2D eigenvalue weighted by Crippen LogP contribution is 2.25. The average Bonchev–Trinajstić information content (AvgIpc) is 3.04. The van der Waals surface area contributed by atoms with Crippen LogP contribution in [-0.4, -0.2) is 23.1 Å². The number of carbonyl (C=O) groups is 1. The third-order valence-electron chi connectivity index (χ3n) is 3.70. The molecule has 0 atom stereocenters. The maximum absolute atomic E-state index is 11.9. The number of nitro groups is 1. The predicted molar refractivity (Wildman–Crippen MR) is 102 cm³/mol. The first kappa shape index (κ1) is 17.4. The summed E-state index contributed by atoms with van der Waals surface area (Å²) in [5.74, 6) is 0.255. The number of fused-ring (bicyclic) bond motifs is 1. The van der Waals surface area contributed by atoms with E-state index in [1.807, 2.05) is 12.1 Å². The Labute approximate surface area is 153 Å². The number of non-ortho nitro benzene ring substituents is 1. The number of amides is 1. The Morgan fingerprint density at radius 2 is 1.92 bits per heavy atom. The van der Waals surface area contributed by atoms with Crippen molar-refractivity contribution in [3.05, 3.63) is 69.6 Å². The number of thiophene rings is 1. The van der Waals surface area contributed by atoms with E-state index >= 15 is 0 Å². The van der Waals surface area contributed by atoms with Crippen LogP contribution in [0.2, 0.25) is 0 Å². The molecule has 0 aliphatic heterocycles. The van der Waals surface area contributed by atoms with Crippen molar-refractivity contribution in [3.8, 4) is 0 Å². The fourth-order valence-electron chi connectivity index (χ4n) is 2.43. The summed E-state index contributed by atoms with van der Waals surface area (Å²) in [6.07, 6.45) is 0.804. The Morgan fingerprint density at radius 1 is 1.16 bits per heavy atom. The number of carbonyl (C=O) groups excluding carboxylic acids is 1. The molecule has 0 aliphatic rings. The van der Waals surface area contributed by atoms with Crippen molar-refractivity contribution >= 4 is 44.8 Å². The number of benzene rings is 2. The van der Waals surface area contributed by atoms with Gasteiger partial charge >= 0.3 is 0 Å². The van der Waals surface area contributed by atoms with Crippen molar-refractivity contribution in [2.45, 2.75) is 11.3 Å². The third kappa shape index (κ3) is 4.58. The first-order valence-corrected chi connectivity index (χ1v) is 9.59. The molecule has 3 aromatic rings. The van der Waals surface area contributed by atoms with Crippen LogP contribution in [0.1, 0.15) is 5.56 Å². The molecule has 2 aromatic carbocycles. The molecular formula is C18H16N2O3S2. The SMILES string of the molecule is O=C(CSc1ccc([N+](=O)[O-])cc1)NCCc1csc2ccccc12. The molecule has 1 heterocycles. The molecule has 25 heavy (non-hydrogen) atoms. The first-order valence-electron chi connectivity index (χ1n) is 7.72. The summed E-state index contributed by atoms with van der Waals surface area (Å²) in [7, 11) is 0. The maximum Gasteiger partial charge on any atom is 0.269 e.